The van der Waals surface area contributed by atoms with Crippen molar-refractivity contribution in [2.24, 2.45) is 5.41 Å². The Bertz CT molecular complexity index is 420. The fourth-order valence-electron chi connectivity index (χ4n) is 2.31. The molecule has 0 aromatic heterocycles. The molecule has 1 N–H and O–H groups in total. The van der Waals surface area contributed by atoms with Crippen molar-refractivity contribution >= 4 is 9.84 Å². The molecule has 1 saturated heterocycles. The van der Waals surface area contributed by atoms with Gasteiger partial charge in [-0.3, -0.25) is 0 Å². The molecule has 4 nitrogen and oxygen atoms in total. The van der Waals surface area contributed by atoms with Crippen LogP contribution in [-0.4, -0.2) is 32.0 Å². The summed E-state index contributed by atoms with van der Waals surface area (Å²) in [5.41, 5.74) is -0.131. The smallest absolute Gasteiger partial charge is 0.152 e. The Balaban J connectivity index is 1.90. The first kappa shape index (κ1) is 11.9. The van der Waals surface area contributed by atoms with Crippen LogP contribution in [0.3, 0.4) is 0 Å². The maximum absolute atomic E-state index is 11.4. The highest BCUT2D eigenvalue weighted by Crippen LogP contribution is 2.48. The molecule has 0 amide bonds. The molecule has 1 aliphatic carbocycles. The van der Waals surface area contributed by atoms with Gasteiger partial charge in [-0.25, -0.2) is 8.42 Å². The molecule has 2 fully saturated rings. The molecule has 16 heavy (non-hydrogen) atoms. The lowest BCUT2D eigenvalue weighted by Gasteiger charge is -2.26. The van der Waals surface area contributed by atoms with E-state index in [1.54, 1.807) is 0 Å². The van der Waals surface area contributed by atoms with Gasteiger partial charge in [0.05, 0.1) is 17.6 Å². The van der Waals surface area contributed by atoms with Gasteiger partial charge in [0.25, 0.3) is 0 Å². The number of hydrogen-bond acceptors (Lipinski definition) is 4. The van der Waals surface area contributed by atoms with Gasteiger partial charge in [-0.15, -0.1) is 0 Å². The number of rotatable bonds is 4. The van der Waals surface area contributed by atoms with Crippen molar-refractivity contribution in [2.45, 2.75) is 38.1 Å². The maximum Gasteiger partial charge on any atom is 0.152 e. The molecule has 2 rings (SSSR count). The fraction of sp³-hybridized carbons (Fsp3) is 0.909. The van der Waals surface area contributed by atoms with E-state index in [1.165, 1.54) is 0 Å². The summed E-state index contributed by atoms with van der Waals surface area (Å²) in [6, 6.07) is 2.22. The molecule has 1 atom stereocenters. The molecule has 0 spiro atoms. The van der Waals surface area contributed by atoms with Crippen molar-refractivity contribution in [3.8, 4) is 6.07 Å². The SMILES string of the molecule is CC1(NCC2(CC#N)CC2)CCS(=O)(=O)C1. The van der Waals surface area contributed by atoms with Gasteiger partial charge >= 0.3 is 0 Å². The second kappa shape index (κ2) is 3.71. The van der Waals surface area contributed by atoms with Crippen molar-refractivity contribution in [1.82, 2.24) is 5.32 Å². The lowest BCUT2D eigenvalue weighted by molar-refractivity contribution is 0.344. The molecule has 0 aromatic rings. The van der Waals surface area contributed by atoms with Gasteiger partial charge in [0, 0.05) is 18.5 Å². The van der Waals surface area contributed by atoms with Crippen LogP contribution in [-0.2, 0) is 9.84 Å². The van der Waals surface area contributed by atoms with E-state index < -0.39 is 9.84 Å². The number of nitriles is 1. The molecule has 0 bridgehead atoms. The van der Waals surface area contributed by atoms with Crippen LogP contribution in [0.5, 0.6) is 0 Å². The summed E-state index contributed by atoms with van der Waals surface area (Å²) >= 11 is 0. The summed E-state index contributed by atoms with van der Waals surface area (Å²) < 4.78 is 22.8. The van der Waals surface area contributed by atoms with Gasteiger partial charge in [0.2, 0.25) is 0 Å². The highest BCUT2D eigenvalue weighted by atomic mass is 32.2. The van der Waals surface area contributed by atoms with E-state index in [0.29, 0.717) is 18.6 Å². The van der Waals surface area contributed by atoms with Crippen molar-refractivity contribution in [2.75, 3.05) is 18.1 Å². The van der Waals surface area contributed by atoms with Crippen LogP contribution in [0, 0.1) is 16.7 Å². The zero-order valence-corrected chi connectivity index (χ0v) is 10.4. The third kappa shape index (κ3) is 2.55. The third-order valence-corrected chi connectivity index (χ3v) is 5.71. The van der Waals surface area contributed by atoms with Crippen LogP contribution in [0.25, 0.3) is 0 Å². The van der Waals surface area contributed by atoms with Gasteiger partial charge in [-0.05, 0) is 31.6 Å². The number of sulfone groups is 1. The molecule has 1 saturated carbocycles. The molecule has 1 aliphatic heterocycles. The largest absolute Gasteiger partial charge is 0.310 e. The first-order chi connectivity index (χ1) is 7.39. The van der Waals surface area contributed by atoms with Crippen molar-refractivity contribution in [3.05, 3.63) is 0 Å². The zero-order chi connectivity index (χ0) is 11.9. The van der Waals surface area contributed by atoms with E-state index >= 15 is 0 Å². The normalized spacial score (nSPS) is 34.5. The highest BCUT2D eigenvalue weighted by Gasteiger charge is 2.45. The Hall–Kier alpha value is -0.600. The summed E-state index contributed by atoms with van der Waals surface area (Å²) in [5.74, 6) is 0.532. The Morgan fingerprint density at radius 1 is 1.38 bits per heavy atom. The average molecular weight is 242 g/mol. The first-order valence-electron chi connectivity index (χ1n) is 5.71. The zero-order valence-electron chi connectivity index (χ0n) is 9.62. The minimum atomic E-state index is -2.84. The Morgan fingerprint density at radius 3 is 2.50 bits per heavy atom. The van der Waals surface area contributed by atoms with Crippen LogP contribution >= 0.6 is 0 Å². The molecule has 0 aromatic carbocycles. The minimum absolute atomic E-state index is 0.143. The average Bonchev–Trinajstić information content (AvgIpc) is 2.88. The lowest BCUT2D eigenvalue weighted by atomic mass is 9.98. The van der Waals surface area contributed by atoms with Crippen LogP contribution in [0.1, 0.15) is 32.6 Å². The number of nitrogens with one attached hydrogen (secondary N) is 1. The molecule has 90 valence electrons. The lowest BCUT2D eigenvalue weighted by Crippen LogP contribution is -2.46. The summed E-state index contributed by atoms with van der Waals surface area (Å²) in [6.07, 6.45) is 3.47. The Labute approximate surface area is 96.9 Å². The standard InChI is InChI=1S/C11H18N2O2S/c1-10(5-7-16(14,15)9-10)13-8-11(2-3-11)4-6-12/h13H,2-5,7-9H2,1H3. The van der Waals surface area contributed by atoms with Crippen LogP contribution < -0.4 is 5.32 Å². The van der Waals surface area contributed by atoms with E-state index in [-0.39, 0.29) is 16.7 Å². The Morgan fingerprint density at radius 2 is 2.06 bits per heavy atom. The maximum atomic E-state index is 11.4. The topological polar surface area (TPSA) is 70.0 Å². The van der Waals surface area contributed by atoms with Crippen LogP contribution in [0.2, 0.25) is 0 Å². The molecule has 1 heterocycles. The first-order valence-corrected chi connectivity index (χ1v) is 7.53. The van der Waals surface area contributed by atoms with Gasteiger partial charge in [0.15, 0.2) is 9.84 Å². The highest BCUT2D eigenvalue weighted by molar-refractivity contribution is 7.91. The summed E-state index contributed by atoms with van der Waals surface area (Å²) in [4.78, 5) is 0. The van der Waals surface area contributed by atoms with Crippen LogP contribution in [0.4, 0.5) is 0 Å². The quantitative estimate of drug-likeness (QED) is 0.793. The van der Waals surface area contributed by atoms with E-state index in [2.05, 4.69) is 11.4 Å². The van der Waals surface area contributed by atoms with Gasteiger partial charge < -0.3 is 5.32 Å². The molecule has 1 unspecified atom stereocenters. The van der Waals surface area contributed by atoms with Gasteiger partial charge in [0.1, 0.15) is 0 Å². The van der Waals surface area contributed by atoms with Crippen molar-refractivity contribution in [3.63, 3.8) is 0 Å². The molecular weight excluding hydrogens is 224 g/mol. The predicted molar refractivity (Wildman–Crippen MR) is 61.6 cm³/mol. The fourth-order valence-corrected chi connectivity index (χ4v) is 4.43. The van der Waals surface area contributed by atoms with Crippen LogP contribution in [0.15, 0.2) is 0 Å². The molecule has 2 aliphatic rings. The third-order valence-electron chi connectivity index (χ3n) is 3.80. The molecular formula is C11H18N2O2S. The molecule has 5 heteroatoms. The Kier molecular flexibility index (Phi) is 2.75. The monoisotopic (exact) mass is 242 g/mol. The molecule has 0 radical (unpaired) electrons. The van der Waals surface area contributed by atoms with Crippen molar-refractivity contribution in [1.29, 1.82) is 5.26 Å². The van der Waals surface area contributed by atoms with Gasteiger partial charge in [-0.2, -0.15) is 5.26 Å². The van der Waals surface area contributed by atoms with Crippen molar-refractivity contribution < 1.29 is 8.42 Å². The van der Waals surface area contributed by atoms with E-state index in [9.17, 15) is 8.42 Å². The number of nitrogens with zero attached hydrogens (tertiary/aromatic N) is 1. The summed E-state index contributed by atoms with van der Waals surface area (Å²) in [7, 11) is -2.84. The number of hydrogen-bond donors (Lipinski definition) is 1. The van der Waals surface area contributed by atoms with E-state index in [1.807, 2.05) is 6.92 Å². The van der Waals surface area contributed by atoms with E-state index in [0.717, 1.165) is 19.4 Å². The van der Waals surface area contributed by atoms with E-state index in [4.69, 9.17) is 5.26 Å². The second-order valence-corrected chi connectivity index (χ2v) is 7.78. The predicted octanol–water partition coefficient (Wildman–Crippen LogP) is 0.847. The second-order valence-electron chi connectivity index (χ2n) is 5.59. The van der Waals surface area contributed by atoms with Gasteiger partial charge in [-0.1, -0.05) is 0 Å². The minimum Gasteiger partial charge on any atom is -0.310 e. The summed E-state index contributed by atoms with van der Waals surface area (Å²) in [6.45, 7) is 2.76. The summed E-state index contributed by atoms with van der Waals surface area (Å²) in [5, 5.41) is 12.1.